The van der Waals surface area contributed by atoms with E-state index < -0.39 is 0 Å². The highest BCUT2D eigenvalue weighted by molar-refractivity contribution is 6.09. The Kier molecular flexibility index (Phi) is 3.28. The second kappa shape index (κ2) is 5.14. The van der Waals surface area contributed by atoms with Crippen molar-refractivity contribution in [1.82, 2.24) is 4.98 Å². The minimum Gasteiger partial charge on any atom is -0.870 e. The van der Waals surface area contributed by atoms with Gasteiger partial charge in [-0.3, -0.25) is 9.78 Å². The third kappa shape index (κ3) is 1.92. The minimum atomic E-state index is -0.0532. The number of nitrogens with one attached hydrogen (secondary N) is 1. The third-order valence-electron chi connectivity index (χ3n) is 3.66. The molecular formula is C15H15N5O2. The lowest BCUT2D eigenvalue weighted by atomic mass is 10.1. The quantitative estimate of drug-likeness (QED) is 0.600. The van der Waals surface area contributed by atoms with Crippen LogP contribution in [0.3, 0.4) is 0 Å². The Morgan fingerprint density at radius 3 is 2.73 bits per heavy atom. The molecule has 1 aromatic carbocycles. The summed E-state index contributed by atoms with van der Waals surface area (Å²) < 4.78 is 0. The second-order valence-corrected chi connectivity index (χ2v) is 4.99. The van der Waals surface area contributed by atoms with Gasteiger partial charge >= 0.3 is 5.91 Å². The number of quaternary nitrogens is 1. The van der Waals surface area contributed by atoms with Crippen LogP contribution >= 0.6 is 0 Å². The van der Waals surface area contributed by atoms with Crippen molar-refractivity contribution in [3.8, 4) is 0 Å². The smallest absolute Gasteiger partial charge is 0.329 e. The van der Waals surface area contributed by atoms with Gasteiger partial charge in [-0.25, -0.2) is 0 Å². The van der Waals surface area contributed by atoms with Gasteiger partial charge in [0.15, 0.2) is 5.70 Å². The number of fused-ring (bicyclic) bond motifs is 3. The molecule has 112 valence electrons. The highest BCUT2D eigenvalue weighted by Gasteiger charge is 2.43. The summed E-state index contributed by atoms with van der Waals surface area (Å²) in [6.07, 6.45) is 3.38. The van der Waals surface area contributed by atoms with Crippen LogP contribution in [0, 0.1) is 0 Å². The lowest BCUT2D eigenvalue weighted by molar-refractivity contribution is -0.653. The van der Waals surface area contributed by atoms with Gasteiger partial charge in [-0.15, -0.1) is 10.5 Å². The molecule has 1 amide bonds. The predicted octanol–water partition coefficient (Wildman–Crippen LogP) is 0.808. The number of amides is 1. The van der Waals surface area contributed by atoms with E-state index in [1.807, 2.05) is 53.9 Å². The lowest BCUT2D eigenvalue weighted by Gasteiger charge is -2.24. The zero-order valence-corrected chi connectivity index (χ0v) is 11.9. The van der Waals surface area contributed by atoms with Crippen LogP contribution in [0.25, 0.3) is 0 Å². The second-order valence-electron chi connectivity index (χ2n) is 4.99. The van der Waals surface area contributed by atoms with Crippen molar-refractivity contribution in [2.45, 2.75) is 6.92 Å². The van der Waals surface area contributed by atoms with Crippen molar-refractivity contribution in [3.05, 3.63) is 60.2 Å². The fourth-order valence-corrected chi connectivity index (χ4v) is 2.70. The number of nitrogens with zero attached hydrogens (tertiary/aromatic N) is 3. The van der Waals surface area contributed by atoms with E-state index in [2.05, 4.69) is 10.3 Å². The number of carbonyl (C=O) groups is 1. The number of nitrogens with two attached hydrogens (primary N) is 1. The van der Waals surface area contributed by atoms with E-state index >= 15 is 0 Å². The first-order valence-corrected chi connectivity index (χ1v) is 6.70. The van der Waals surface area contributed by atoms with Crippen molar-refractivity contribution in [2.75, 3.05) is 15.3 Å². The summed E-state index contributed by atoms with van der Waals surface area (Å²) in [5.74, 6) is -0.0532. The Balaban J connectivity index is 0.00000144. The molecule has 0 saturated carbocycles. The third-order valence-corrected chi connectivity index (χ3v) is 3.66. The molecule has 2 aromatic rings. The number of carbonyl (C=O) groups excluding carboxylic acids is 1. The number of hydrogen-bond acceptors (Lipinski definition) is 5. The molecule has 1 saturated heterocycles. The van der Waals surface area contributed by atoms with E-state index in [0.29, 0.717) is 5.70 Å². The topological polar surface area (TPSA) is 95.1 Å². The highest BCUT2D eigenvalue weighted by atomic mass is 16.2. The van der Waals surface area contributed by atoms with Crippen molar-refractivity contribution in [1.29, 1.82) is 0 Å². The molecule has 4 rings (SSSR count). The molecular weight excluding hydrogens is 282 g/mol. The van der Waals surface area contributed by atoms with Crippen molar-refractivity contribution in [2.24, 2.45) is 0 Å². The number of pyridine rings is 1. The molecule has 0 unspecified atom stereocenters. The number of rotatable bonds is 1. The molecule has 0 bridgehead atoms. The van der Waals surface area contributed by atoms with Gasteiger partial charge in [-0.2, -0.15) is 5.01 Å². The maximum Gasteiger partial charge on any atom is 0.329 e. The van der Waals surface area contributed by atoms with Crippen LogP contribution in [0.1, 0.15) is 6.92 Å². The van der Waals surface area contributed by atoms with E-state index in [9.17, 15) is 4.79 Å². The lowest BCUT2D eigenvalue weighted by Crippen LogP contribution is -2.98. The summed E-state index contributed by atoms with van der Waals surface area (Å²) in [5.41, 5.74) is 6.04. The SMILES string of the molecule is CC1=C2C(=O)N(c3cccnc3)[NH2+]N2c2ccccc2N1.[OH-]. The summed E-state index contributed by atoms with van der Waals surface area (Å²) in [6, 6.07) is 11.6. The summed E-state index contributed by atoms with van der Waals surface area (Å²) in [5, 5.41) is 6.84. The van der Waals surface area contributed by atoms with Gasteiger partial charge in [-0.1, -0.05) is 12.1 Å². The Bertz CT molecular complexity index is 760. The monoisotopic (exact) mass is 297 g/mol. The van der Waals surface area contributed by atoms with Crippen molar-refractivity contribution < 1.29 is 15.8 Å². The predicted molar refractivity (Wildman–Crippen MR) is 80.8 cm³/mol. The number of hydrogen-bond donors (Lipinski definition) is 2. The number of para-hydroxylation sites is 2. The molecule has 0 atom stereocenters. The largest absolute Gasteiger partial charge is 0.870 e. The van der Waals surface area contributed by atoms with Gasteiger partial charge in [0.05, 0.1) is 11.9 Å². The zero-order chi connectivity index (χ0) is 14.4. The van der Waals surface area contributed by atoms with Gasteiger partial charge < -0.3 is 10.8 Å². The van der Waals surface area contributed by atoms with E-state index in [1.165, 1.54) is 0 Å². The van der Waals surface area contributed by atoms with Gasteiger partial charge in [-0.05, 0) is 31.2 Å². The van der Waals surface area contributed by atoms with E-state index in [1.54, 1.807) is 17.4 Å². The fraction of sp³-hybridized carbons (Fsp3) is 0.0667. The number of benzene rings is 1. The summed E-state index contributed by atoms with van der Waals surface area (Å²) in [6.45, 7) is 1.91. The molecule has 0 radical (unpaired) electrons. The Labute approximate surface area is 127 Å². The first-order valence-electron chi connectivity index (χ1n) is 6.70. The first-order chi connectivity index (χ1) is 10.3. The molecule has 2 aliphatic rings. The average molecular weight is 297 g/mol. The zero-order valence-electron chi connectivity index (χ0n) is 11.9. The standard InChI is InChI=1S/C15H13N5O.H2O/c1-10-14-15(21)19(11-5-4-8-16-9-11)18-20(14)13-7-3-2-6-12(13)17-10;/h2-9,17-18H,1H3;1H2. The number of allylic oxidation sites excluding steroid dienone is 1. The molecule has 1 aromatic heterocycles. The molecule has 1 fully saturated rings. The van der Waals surface area contributed by atoms with Gasteiger partial charge in [0.25, 0.3) is 0 Å². The van der Waals surface area contributed by atoms with Crippen LogP contribution in [-0.4, -0.2) is 16.4 Å². The van der Waals surface area contributed by atoms with Gasteiger partial charge in [0.1, 0.15) is 11.4 Å². The normalized spacial score (nSPS) is 16.0. The molecule has 22 heavy (non-hydrogen) atoms. The van der Waals surface area contributed by atoms with Crippen LogP contribution in [0.2, 0.25) is 0 Å². The van der Waals surface area contributed by atoms with Crippen molar-refractivity contribution >= 4 is 23.0 Å². The van der Waals surface area contributed by atoms with Gasteiger partial charge in [0.2, 0.25) is 0 Å². The number of anilines is 3. The van der Waals surface area contributed by atoms with Crippen LogP contribution in [0.4, 0.5) is 17.1 Å². The summed E-state index contributed by atoms with van der Waals surface area (Å²) in [7, 11) is 0. The van der Waals surface area contributed by atoms with Crippen LogP contribution in [0.5, 0.6) is 0 Å². The van der Waals surface area contributed by atoms with E-state index in [4.69, 9.17) is 0 Å². The van der Waals surface area contributed by atoms with Crippen molar-refractivity contribution in [3.63, 3.8) is 0 Å². The number of aromatic nitrogens is 1. The van der Waals surface area contributed by atoms with Gasteiger partial charge in [0, 0.05) is 11.9 Å². The highest BCUT2D eigenvalue weighted by Crippen LogP contribution is 2.34. The first kappa shape index (κ1) is 14.1. The summed E-state index contributed by atoms with van der Waals surface area (Å²) in [4.78, 5) is 16.8. The minimum absolute atomic E-state index is 0. The Morgan fingerprint density at radius 2 is 1.95 bits per heavy atom. The Morgan fingerprint density at radius 1 is 1.14 bits per heavy atom. The maximum absolute atomic E-state index is 12.7. The van der Waals surface area contributed by atoms with Crippen LogP contribution < -0.4 is 20.9 Å². The molecule has 0 spiro atoms. The van der Waals surface area contributed by atoms with E-state index in [0.717, 1.165) is 22.8 Å². The van der Waals surface area contributed by atoms with Crippen LogP contribution in [-0.2, 0) is 4.79 Å². The molecule has 2 aliphatic heterocycles. The van der Waals surface area contributed by atoms with E-state index in [-0.39, 0.29) is 11.4 Å². The van der Waals surface area contributed by atoms with Crippen LogP contribution in [0.15, 0.2) is 60.2 Å². The molecule has 7 nitrogen and oxygen atoms in total. The molecule has 4 N–H and O–H groups in total. The average Bonchev–Trinajstić information content (AvgIpc) is 2.87. The molecule has 3 heterocycles. The molecule has 0 aliphatic carbocycles. The molecule has 7 heteroatoms. The maximum atomic E-state index is 12.7. The summed E-state index contributed by atoms with van der Waals surface area (Å²) >= 11 is 0. The Hall–Kier alpha value is -2.90. The fourth-order valence-electron chi connectivity index (χ4n) is 2.70.